The number of carbonyl (C=O) groups is 1. The van der Waals surface area contributed by atoms with Gasteiger partial charge in [-0.2, -0.15) is 5.10 Å². The minimum absolute atomic E-state index is 0.134. The molecule has 0 amide bonds. The van der Waals surface area contributed by atoms with Crippen LogP contribution in [0.4, 0.5) is 4.39 Å². The predicted molar refractivity (Wildman–Crippen MR) is 133 cm³/mol. The molecule has 0 unspecified atom stereocenters. The Kier molecular flexibility index (Phi) is 5.75. The molecule has 0 saturated carbocycles. The number of fused-ring (bicyclic) bond motifs is 1. The molecule has 5 aromatic rings. The Labute approximate surface area is 204 Å². The highest BCUT2D eigenvalue weighted by Gasteiger charge is 2.41. The van der Waals surface area contributed by atoms with E-state index in [1.54, 1.807) is 6.07 Å². The first kappa shape index (κ1) is 22.0. The number of ether oxygens (including phenoxy) is 1. The molecule has 0 spiro atoms. The van der Waals surface area contributed by atoms with Gasteiger partial charge in [-0.25, -0.2) is 9.07 Å². The zero-order chi connectivity index (χ0) is 23.7. The van der Waals surface area contributed by atoms with E-state index in [-0.39, 0.29) is 11.1 Å². The fourth-order valence-electron chi connectivity index (χ4n) is 4.51. The van der Waals surface area contributed by atoms with Crippen LogP contribution in [0.15, 0.2) is 108 Å². The predicted octanol–water partition coefficient (Wildman–Crippen LogP) is 6.70. The molecule has 0 fully saturated rings. The van der Waals surface area contributed by atoms with E-state index in [2.05, 4.69) is 15.9 Å². The van der Waals surface area contributed by atoms with Gasteiger partial charge in [0.1, 0.15) is 10.1 Å². The summed E-state index contributed by atoms with van der Waals surface area (Å²) < 4.78 is 22.8. The largest absolute Gasteiger partial charge is 0.424 e. The summed E-state index contributed by atoms with van der Waals surface area (Å²) in [7, 11) is 0. The summed E-state index contributed by atoms with van der Waals surface area (Å²) >= 11 is 3.47. The molecule has 0 radical (unpaired) electrons. The molecule has 6 heteroatoms. The van der Waals surface area contributed by atoms with Crippen LogP contribution in [0, 0.1) is 5.82 Å². The molecule has 0 saturated heterocycles. The van der Waals surface area contributed by atoms with Crippen LogP contribution in [-0.2, 0) is 10.3 Å². The number of esters is 1. The number of nitrogens with zero attached hydrogens (tertiary/aromatic N) is 2. The summed E-state index contributed by atoms with van der Waals surface area (Å²) in [5.74, 6) is -1.37. The maximum atomic E-state index is 15.5. The van der Waals surface area contributed by atoms with E-state index in [0.29, 0.717) is 10.1 Å². The van der Waals surface area contributed by atoms with Crippen molar-refractivity contribution in [1.29, 1.82) is 0 Å². The third-order valence-corrected chi connectivity index (χ3v) is 6.41. The van der Waals surface area contributed by atoms with Crippen molar-refractivity contribution in [3.05, 3.63) is 130 Å². The number of carbonyl (C=O) groups excluding carboxylic acids is 1. The average Bonchev–Trinajstić information content (AvgIpc) is 3.20. The third-order valence-electron chi connectivity index (χ3n) is 5.85. The first-order chi connectivity index (χ1) is 16.5. The number of hydrogen-bond acceptors (Lipinski definition) is 3. The fourth-order valence-corrected chi connectivity index (χ4v) is 5.04. The van der Waals surface area contributed by atoms with E-state index < -0.39 is 17.3 Å². The second-order valence-electron chi connectivity index (χ2n) is 7.88. The Morgan fingerprint density at radius 2 is 1.29 bits per heavy atom. The summed E-state index contributed by atoms with van der Waals surface area (Å²) in [6.45, 7) is 1.24. The highest BCUT2D eigenvalue weighted by molar-refractivity contribution is 9.10. The number of aromatic nitrogens is 2. The SMILES string of the molecule is CC(=O)Oc1ccc2c(c(Br)nn2C(c2ccccc2)(c2ccccc2)c2ccccc2)c1F. The lowest BCUT2D eigenvalue weighted by atomic mass is 9.77. The molecule has 0 aliphatic carbocycles. The molecule has 0 aliphatic rings. The van der Waals surface area contributed by atoms with Gasteiger partial charge in [0, 0.05) is 6.92 Å². The number of benzene rings is 4. The summed E-state index contributed by atoms with van der Waals surface area (Å²) in [5, 5.41) is 5.07. The molecule has 4 nitrogen and oxygen atoms in total. The average molecular weight is 515 g/mol. The van der Waals surface area contributed by atoms with Crippen LogP contribution in [0.1, 0.15) is 23.6 Å². The van der Waals surface area contributed by atoms with E-state index >= 15 is 4.39 Å². The van der Waals surface area contributed by atoms with Crippen LogP contribution in [0.25, 0.3) is 10.9 Å². The van der Waals surface area contributed by atoms with Crippen LogP contribution >= 0.6 is 15.9 Å². The van der Waals surface area contributed by atoms with Gasteiger partial charge in [-0.3, -0.25) is 4.79 Å². The maximum absolute atomic E-state index is 15.5. The quantitative estimate of drug-likeness (QED) is 0.149. The van der Waals surface area contributed by atoms with Crippen LogP contribution in [0.2, 0.25) is 0 Å². The van der Waals surface area contributed by atoms with Crippen LogP contribution in [0.5, 0.6) is 5.75 Å². The molecule has 0 aliphatic heterocycles. The summed E-state index contributed by atoms with van der Waals surface area (Å²) in [6, 6.07) is 33.3. The molecule has 34 heavy (non-hydrogen) atoms. The Balaban J connectivity index is 1.93. The molecule has 4 aromatic carbocycles. The van der Waals surface area contributed by atoms with E-state index in [4.69, 9.17) is 9.84 Å². The lowest BCUT2D eigenvalue weighted by Gasteiger charge is -2.37. The normalized spacial score (nSPS) is 11.5. The van der Waals surface area contributed by atoms with Crippen LogP contribution in [-0.4, -0.2) is 15.7 Å². The van der Waals surface area contributed by atoms with Gasteiger partial charge in [-0.05, 0) is 44.8 Å². The monoisotopic (exact) mass is 514 g/mol. The van der Waals surface area contributed by atoms with Crippen molar-refractivity contribution in [3.63, 3.8) is 0 Å². The molecule has 0 atom stereocenters. The van der Waals surface area contributed by atoms with Gasteiger partial charge in [0.2, 0.25) is 0 Å². The van der Waals surface area contributed by atoms with Crippen molar-refractivity contribution in [2.45, 2.75) is 12.5 Å². The molecule has 5 rings (SSSR count). The van der Waals surface area contributed by atoms with Crippen LogP contribution < -0.4 is 4.74 Å². The molecule has 0 bridgehead atoms. The maximum Gasteiger partial charge on any atom is 0.308 e. The molecule has 0 N–H and O–H groups in total. The summed E-state index contributed by atoms with van der Waals surface area (Å²) in [4.78, 5) is 11.5. The van der Waals surface area contributed by atoms with Gasteiger partial charge < -0.3 is 4.74 Å². The van der Waals surface area contributed by atoms with Gasteiger partial charge in [-0.1, -0.05) is 91.0 Å². The molecule has 1 aromatic heterocycles. The number of halogens is 2. The number of hydrogen-bond donors (Lipinski definition) is 0. The van der Waals surface area contributed by atoms with E-state index in [1.807, 2.05) is 95.7 Å². The van der Waals surface area contributed by atoms with Crippen molar-refractivity contribution in [2.75, 3.05) is 0 Å². The molecule has 168 valence electrons. The molecule has 1 heterocycles. The minimum atomic E-state index is -0.899. The smallest absolute Gasteiger partial charge is 0.308 e. The van der Waals surface area contributed by atoms with Crippen molar-refractivity contribution < 1.29 is 13.9 Å². The van der Waals surface area contributed by atoms with Gasteiger partial charge in [0.15, 0.2) is 11.6 Å². The Morgan fingerprint density at radius 3 is 1.74 bits per heavy atom. The van der Waals surface area contributed by atoms with Gasteiger partial charge in [-0.15, -0.1) is 0 Å². The van der Waals surface area contributed by atoms with Crippen molar-refractivity contribution in [3.8, 4) is 5.75 Å². The first-order valence-electron chi connectivity index (χ1n) is 10.8. The lowest BCUT2D eigenvalue weighted by Crippen LogP contribution is -2.38. The highest BCUT2D eigenvalue weighted by atomic mass is 79.9. The van der Waals surface area contributed by atoms with Gasteiger partial charge >= 0.3 is 5.97 Å². The van der Waals surface area contributed by atoms with Crippen molar-refractivity contribution in [2.24, 2.45) is 0 Å². The van der Waals surface area contributed by atoms with Gasteiger partial charge in [0.25, 0.3) is 0 Å². The minimum Gasteiger partial charge on any atom is -0.424 e. The Morgan fingerprint density at radius 1 is 0.824 bits per heavy atom. The fraction of sp³-hybridized carbons (Fsp3) is 0.0714. The molecular weight excluding hydrogens is 495 g/mol. The second-order valence-corrected chi connectivity index (χ2v) is 8.63. The first-order valence-corrected chi connectivity index (χ1v) is 11.5. The molecular formula is C28H20BrFN2O2. The van der Waals surface area contributed by atoms with Crippen LogP contribution in [0.3, 0.4) is 0 Å². The third kappa shape index (κ3) is 3.51. The van der Waals surface area contributed by atoms with E-state index in [9.17, 15) is 4.79 Å². The van der Waals surface area contributed by atoms with Crippen molar-refractivity contribution >= 4 is 32.8 Å². The number of rotatable bonds is 5. The summed E-state index contributed by atoms with van der Waals surface area (Å²) in [5.41, 5.74) is 2.55. The Hall–Kier alpha value is -3.77. The zero-order valence-electron chi connectivity index (χ0n) is 18.3. The van der Waals surface area contributed by atoms with E-state index in [0.717, 1.165) is 16.7 Å². The Bertz CT molecular complexity index is 1370. The lowest BCUT2D eigenvalue weighted by molar-refractivity contribution is -0.132. The van der Waals surface area contributed by atoms with Crippen molar-refractivity contribution in [1.82, 2.24) is 9.78 Å². The van der Waals surface area contributed by atoms with E-state index in [1.165, 1.54) is 13.0 Å². The highest BCUT2D eigenvalue weighted by Crippen LogP contribution is 2.44. The zero-order valence-corrected chi connectivity index (χ0v) is 19.9. The topological polar surface area (TPSA) is 44.1 Å². The second kappa shape index (κ2) is 8.88. The van der Waals surface area contributed by atoms with Gasteiger partial charge in [0.05, 0.1) is 10.9 Å². The summed E-state index contributed by atoms with van der Waals surface area (Å²) in [6.07, 6.45) is 0. The standard InChI is InChI=1S/C28H20BrFN2O2/c1-19(33)34-24-18-17-23-25(26(24)30)27(29)31-32(23)28(20-11-5-2-6-12-20,21-13-7-3-8-14-21)22-15-9-4-10-16-22/h2-18H,1H3.